The Morgan fingerprint density at radius 3 is 0.817 bits per heavy atom. The largest absolute Gasteiger partial charge is 0.472 e. The van der Waals surface area contributed by atoms with Crippen molar-refractivity contribution in [2.45, 2.75) is 394 Å². The molecule has 0 aromatic rings. The Balaban J connectivity index is 5.16. The van der Waals surface area contributed by atoms with Crippen molar-refractivity contribution >= 4 is 39.5 Å². The number of carbonyl (C=O) groups is 4. The van der Waals surface area contributed by atoms with Gasteiger partial charge in [0, 0.05) is 25.7 Å². The molecular formula is C74H144O17P2. The Bertz CT molecular complexity index is 1820. The number of hydrogen-bond acceptors (Lipinski definition) is 15. The second kappa shape index (κ2) is 64.7. The van der Waals surface area contributed by atoms with Crippen molar-refractivity contribution < 1.29 is 80.2 Å². The van der Waals surface area contributed by atoms with Crippen molar-refractivity contribution in [1.29, 1.82) is 0 Å². The minimum atomic E-state index is -4.96. The number of phosphoric acid groups is 2. The molecular weight excluding hydrogens is 1220 g/mol. The average Bonchev–Trinajstić information content (AvgIpc) is 2.99. The summed E-state index contributed by atoms with van der Waals surface area (Å²) in [5.41, 5.74) is 0. The number of ether oxygens (including phenoxy) is 4. The van der Waals surface area contributed by atoms with Crippen LogP contribution < -0.4 is 0 Å². The van der Waals surface area contributed by atoms with Gasteiger partial charge < -0.3 is 33.8 Å². The second-order valence-electron chi connectivity index (χ2n) is 27.9. The van der Waals surface area contributed by atoms with Crippen molar-refractivity contribution in [1.82, 2.24) is 0 Å². The number of phosphoric ester groups is 2. The van der Waals surface area contributed by atoms with Gasteiger partial charge in [-0.1, -0.05) is 325 Å². The molecule has 0 saturated carbocycles. The lowest BCUT2D eigenvalue weighted by Crippen LogP contribution is -2.30. The first-order valence-corrected chi connectivity index (χ1v) is 41.4. The third-order valence-corrected chi connectivity index (χ3v) is 19.4. The lowest BCUT2D eigenvalue weighted by atomic mass is 10.00. The van der Waals surface area contributed by atoms with Gasteiger partial charge in [0.25, 0.3) is 0 Å². The molecule has 0 heterocycles. The highest BCUT2D eigenvalue weighted by atomic mass is 31.2. The molecule has 19 heteroatoms. The summed E-state index contributed by atoms with van der Waals surface area (Å²) in [6.45, 7) is 11.8. The third-order valence-electron chi connectivity index (χ3n) is 17.5. The monoisotopic (exact) mass is 1370 g/mol. The third kappa shape index (κ3) is 67.0. The summed E-state index contributed by atoms with van der Waals surface area (Å²) in [5.74, 6) is 0.194. The van der Waals surface area contributed by atoms with Gasteiger partial charge in [0.15, 0.2) is 12.2 Å². The van der Waals surface area contributed by atoms with Crippen LogP contribution in [0.2, 0.25) is 0 Å². The lowest BCUT2D eigenvalue weighted by molar-refractivity contribution is -0.161. The standard InChI is InChI=1S/C74H144O17P2/c1-8-10-11-12-31-41-48-55-71(76)84-61-70(91-74(79)58-51-44-37-36-40-47-54-67(7)9-2)64-89-93(82,83)87-60-68(75)59-86-92(80,81)88-63-69(62-85-72(77)56-49-42-34-29-25-22-21-24-28-33-39-46-53-66(5)6)90-73(78)57-50-43-35-30-26-20-18-16-14-13-15-17-19-23-27-32-38-45-52-65(3)4/h65-70,75H,8-64H2,1-7H3,(H,80,81)(H,82,83)/t67?,68-,69-,70-/m1/s1. The van der Waals surface area contributed by atoms with Crippen molar-refractivity contribution in [2.24, 2.45) is 17.8 Å². The quantitative estimate of drug-likeness (QED) is 0.0222. The van der Waals surface area contributed by atoms with Gasteiger partial charge in [-0.25, -0.2) is 9.13 Å². The minimum Gasteiger partial charge on any atom is -0.462 e. The van der Waals surface area contributed by atoms with Crippen LogP contribution in [0.15, 0.2) is 0 Å². The second-order valence-corrected chi connectivity index (χ2v) is 30.8. The minimum absolute atomic E-state index is 0.102. The predicted octanol–water partition coefficient (Wildman–Crippen LogP) is 21.4. The van der Waals surface area contributed by atoms with E-state index in [0.717, 1.165) is 120 Å². The molecule has 93 heavy (non-hydrogen) atoms. The molecule has 0 saturated heterocycles. The fourth-order valence-corrected chi connectivity index (χ4v) is 12.8. The summed E-state index contributed by atoms with van der Waals surface area (Å²) in [4.78, 5) is 72.5. The topological polar surface area (TPSA) is 237 Å². The van der Waals surface area contributed by atoms with E-state index in [1.54, 1.807) is 0 Å². The Morgan fingerprint density at radius 2 is 0.548 bits per heavy atom. The normalized spacial score (nSPS) is 14.4. The van der Waals surface area contributed by atoms with Crippen molar-refractivity contribution in [3.05, 3.63) is 0 Å². The molecule has 0 aromatic heterocycles. The molecule has 0 amide bonds. The molecule has 0 aliphatic carbocycles. The molecule has 3 unspecified atom stereocenters. The van der Waals surface area contributed by atoms with Crippen LogP contribution in [0.1, 0.15) is 376 Å². The van der Waals surface area contributed by atoms with Crippen LogP contribution in [0.4, 0.5) is 0 Å². The fraction of sp³-hybridized carbons (Fsp3) is 0.946. The number of unbranched alkanes of at least 4 members (excludes halogenated alkanes) is 39. The summed E-state index contributed by atoms with van der Waals surface area (Å²) in [6, 6.07) is 0. The van der Waals surface area contributed by atoms with Crippen molar-refractivity contribution in [3.8, 4) is 0 Å². The Labute approximate surface area is 568 Å². The zero-order valence-electron chi connectivity index (χ0n) is 60.7. The highest BCUT2D eigenvalue weighted by Crippen LogP contribution is 2.45. The van der Waals surface area contributed by atoms with Crippen LogP contribution >= 0.6 is 15.6 Å². The predicted molar refractivity (Wildman–Crippen MR) is 377 cm³/mol. The Morgan fingerprint density at radius 1 is 0.312 bits per heavy atom. The summed E-state index contributed by atoms with van der Waals surface area (Å²) in [5, 5.41) is 10.6. The van der Waals surface area contributed by atoms with E-state index in [9.17, 15) is 43.2 Å². The van der Waals surface area contributed by atoms with Gasteiger partial charge in [-0.15, -0.1) is 0 Å². The highest BCUT2D eigenvalue weighted by molar-refractivity contribution is 7.47. The first-order valence-electron chi connectivity index (χ1n) is 38.4. The molecule has 6 atom stereocenters. The number of aliphatic hydroxyl groups excluding tert-OH is 1. The Kier molecular flexibility index (Phi) is 63.4. The van der Waals surface area contributed by atoms with Gasteiger partial charge in [0.1, 0.15) is 19.3 Å². The number of aliphatic hydroxyl groups is 1. The van der Waals surface area contributed by atoms with E-state index < -0.39 is 97.5 Å². The van der Waals surface area contributed by atoms with E-state index >= 15 is 0 Å². The first-order chi connectivity index (χ1) is 44.8. The van der Waals surface area contributed by atoms with Crippen molar-refractivity contribution in [3.63, 3.8) is 0 Å². The number of esters is 4. The smallest absolute Gasteiger partial charge is 0.462 e. The maximum absolute atomic E-state index is 13.1. The van der Waals surface area contributed by atoms with E-state index in [4.69, 9.17) is 37.0 Å². The van der Waals surface area contributed by atoms with Crippen LogP contribution in [0.5, 0.6) is 0 Å². The molecule has 552 valence electrons. The number of hydrogen-bond donors (Lipinski definition) is 3. The van der Waals surface area contributed by atoms with E-state index in [-0.39, 0.29) is 25.7 Å². The summed E-state index contributed by atoms with van der Waals surface area (Å²) < 4.78 is 68.3. The van der Waals surface area contributed by atoms with E-state index in [2.05, 4.69) is 48.5 Å². The zero-order chi connectivity index (χ0) is 68.7. The zero-order valence-corrected chi connectivity index (χ0v) is 62.5. The molecule has 0 spiro atoms. The SMILES string of the molecule is CCCCCCCCCC(=O)OC[C@H](COP(=O)(O)OC[C@H](O)COP(=O)(O)OC[C@@H](COC(=O)CCCCCCCCCCCCCCC(C)C)OC(=O)CCCCCCCCCCCCCCCCCCCCC(C)C)OC(=O)CCCCCCCCC(C)CC. The van der Waals surface area contributed by atoms with Gasteiger partial charge in [0.2, 0.25) is 0 Å². The summed E-state index contributed by atoms with van der Waals surface area (Å²) in [6.07, 6.45) is 50.3. The first kappa shape index (κ1) is 91.1. The maximum atomic E-state index is 13.1. The van der Waals surface area contributed by atoms with E-state index in [0.29, 0.717) is 25.7 Å². The van der Waals surface area contributed by atoms with Crippen molar-refractivity contribution in [2.75, 3.05) is 39.6 Å². The van der Waals surface area contributed by atoms with Gasteiger partial charge in [-0.2, -0.15) is 0 Å². The van der Waals surface area contributed by atoms with Crippen LogP contribution in [0.3, 0.4) is 0 Å². The molecule has 3 N–H and O–H groups in total. The molecule has 0 radical (unpaired) electrons. The van der Waals surface area contributed by atoms with Gasteiger partial charge in [0.05, 0.1) is 26.4 Å². The van der Waals surface area contributed by atoms with Crippen LogP contribution in [-0.4, -0.2) is 96.7 Å². The Hall–Kier alpha value is -1.94. The van der Waals surface area contributed by atoms with Gasteiger partial charge in [-0.3, -0.25) is 37.3 Å². The molecule has 0 aliphatic rings. The molecule has 0 aliphatic heterocycles. The highest BCUT2D eigenvalue weighted by Gasteiger charge is 2.30. The molecule has 0 bridgehead atoms. The van der Waals surface area contributed by atoms with E-state index in [1.165, 1.54) is 173 Å². The molecule has 0 fully saturated rings. The maximum Gasteiger partial charge on any atom is 0.472 e. The number of rotatable bonds is 72. The lowest BCUT2D eigenvalue weighted by Gasteiger charge is -2.21. The van der Waals surface area contributed by atoms with Gasteiger partial charge >= 0.3 is 39.5 Å². The van der Waals surface area contributed by atoms with Crippen LogP contribution in [0, 0.1) is 17.8 Å². The number of carbonyl (C=O) groups excluding carboxylic acids is 4. The molecule has 0 aromatic carbocycles. The average molecular weight is 1370 g/mol. The van der Waals surface area contributed by atoms with E-state index in [1.807, 2.05) is 0 Å². The molecule has 0 rings (SSSR count). The van der Waals surface area contributed by atoms with Gasteiger partial charge in [-0.05, 0) is 43.4 Å². The van der Waals surface area contributed by atoms with Crippen LogP contribution in [0.25, 0.3) is 0 Å². The fourth-order valence-electron chi connectivity index (χ4n) is 11.2. The summed E-state index contributed by atoms with van der Waals surface area (Å²) in [7, 11) is -9.90. The molecule has 17 nitrogen and oxygen atoms in total. The van der Waals surface area contributed by atoms with Crippen LogP contribution in [-0.2, 0) is 65.4 Å². The summed E-state index contributed by atoms with van der Waals surface area (Å²) >= 11 is 0.